The first-order valence-electron chi connectivity index (χ1n) is 12.9. The van der Waals surface area contributed by atoms with E-state index in [0.717, 1.165) is 37.0 Å². The van der Waals surface area contributed by atoms with Crippen molar-refractivity contribution in [3.63, 3.8) is 0 Å². The van der Waals surface area contributed by atoms with Crippen molar-refractivity contribution in [2.45, 2.75) is 104 Å². The highest BCUT2D eigenvalue weighted by atomic mass is 16.3. The minimum Gasteiger partial charge on any atom is -0.381 e. The van der Waals surface area contributed by atoms with Gasteiger partial charge in [0.25, 0.3) is 0 Å². The fourth-order valence-corrected chi connectivity index (χ4v) is 8.35. The topological polar surface area (TPSA) is 20.2 Å². The zero-order chi connectivity index (χ0) is 21.7. The van der Waals surface area contributed by atoms with Crippen LogP contribution in [0.5, 0.6) is 0 Å². The molecule has 4 aliphatic carbocycles. The number of fused-ring (bicyclic) bond motifs is 2. The SMILES string of the molecule is C=C[C@@](O)(/C=C1\CCC[C@]2(C)[C@@H]([C@H](C)CCCC(C)C)CC[C@@H]12)C12CC1CCC2=C. The normalized spacial score (nSPS) is 42.1. The maximum absolute atomic E-state index is 11.8. The van der Waals surface area contributed by atoms with E-state index in [-0.39, 0.29) is 5.41 Å². The minimum absolute atomic E-state index is 0.0995. The minimum atomic E-state index is -0.889. The fourth-order valence-electron chi connectivity index (χ4n) is 8.35. The molecule has 4 saturated carbocycles. The van der Waals surface area contributed by atoms with Gasteiger partial charge in [-0.2, -0.15) is 0 Å². The quantitative estimate of drug-likeness (QED) is 0.404. The van der Waals surface area contributed by atoms with Crippen LogP contribution in [-0.2, 0) is 0 Å². The monoisotopic (exact) mass is 410 g/mol. The van der Waals surface area contributed by atoms with E-state index in [9.17, 15) is 5.11 Å². The van der Waals surface area contributed by atoms with Gasteiger partial charge < -0.3 is 5.11 Å². The van der Waals surface area contributed by atoms with Gasteiger partial charge in [0, 0.05) is 5.41 Å². The van der Waals surface area contributed by atoms with E-state index in [0.29, 0.717) is 17.3 Å². The Morgan fingerprint density at radius 2 is 1.93 bits per heavy atom. The van der Waals surface area contributed by atoms with Crippen LogP contribution in [0.3, 0.4) is 0 Å². The van der Waals surface area contributed by atoms with Crippen LogP contribution in [0.1, 0.15) is 98.3 Å². The average Bonchev–Trinajstić information content (AvgIpc) is 3.21. The fraction of sp³-hybridized carbons (Fsp3) is 0.793. The highest BCUT2D eigenvalue weighted by Gasteiger charge is 2.68. The summed E-state index contributed by atoms with van der Waals surface area (Å²) in [5.74, 6) is 3.75. The molecule has 0 saturated heterocycles. The number of hydrogen-bond acceptors (Lipinski definition) is 1. The van der Waals surface area contributed by atoms with E-state index in [4.69, 9.17) is 0 Å². The van der Waals surface area contributed by atoms with Crippen molar-refractivity contribution in [3.8, 4) is 0 Å². The van der Waals surface area contributed by atoms with E-state index in [1.165, 1.54) is 56.9 Å². The molecule has 0 aromatic heterocycles. The Labute approximate surface area is 186 Å². The van der Waals surface area contributed by atoms with Crippen LogP contribution >= 0.6 is 0 Å². The summed E-state index contributed by atoms with van der Waals surface area (Å²) in [6.07, 6.45) is 18.1. The molecule has 0 heterocycles. The molecule has 4 fully saturated rings. The summed E-state index contributed by atoms with van der Waals surface area (Å²) in [4.78, 5) is 0. The predicted octanol–water partition coefficient (Wildman–Crippen LogP) is 7.87. The molecule has 7 atom stereocenters. The van der Waals surface area contributed by atoms with Gasteiger partial charge in [-0.15, -0.1) is 0 Å². The van der Waals surface area contributed by atoms with Crippen LogP contribution in [0.25, 0.3) is 0 Å². The Balaban J connectivity index is 1.54. The van der Waals surface area contributed by atoms with Crippen LogP contribution < -0.4 is 0 Å². The van der Waals surface area contributed by atoms with Crippen LogP contribution in [0, 0.1) is 40.4 Å². The maximum Gasteiger partial charge on any atom is 0.110 e. The molecule has 1 nitrogen and oxygen atoms in total. The van der Waals surface area contributed by atoms with E-state index < -0.39 is 5.60 Å². The molecular formula is C29H46O. The van der Waals surface area contributed by atoms with Crippen molar-refractivity contribution in [2.24, 2.45) is 40.4 Å². The molecule has 2 unspecified atom stereocenters. The second kappa shape index (κ2) is 7.95. The number of hydrogen-bond donors (Lipinski definition) is 1. The zero-order valence-corrected chi connectivity index (χ0v) is 20.2. The van der Waals surface area contributed by atoms with Gasteiger partial charge in [0.05, 0.1) is 0 Å². The van der Waals surface area contributed by atoms with Crippen molar-refractivity contribution in [2.75, 3.05) is 0 Å². The second-order valence-corrected chi connectivity index (χ2v) is 12.2. The van der Waals surface area contributed by atoms with Gasteiger partial charge in [-0.25, -0.2) is 0 Å². The Hall–Kier alpha value is -0.820. The molecule has 4 aliphatic rings. The third kappa shape index (κ3) is 3.39. The summed E-state index contributed by atoms with van der Waals surface area (Å²) in [6, 6.07) is 0. The van der Waals surface area contributed by atoms with Gasteiger partial charge in [0.15, 0.2) is 0 Å². The molecule has 0 radical (unpaired) electrons. The Kier molecular flexibility index (Phi) is 5.93. The molecule has 0 spiro atoms. The number of rotatable bonds is 8. The Bertz CT molecular complexity index is 716. The summed E-state index contributed by atoms with van der Waals surface area (Å²) in [7, 11) is 0. The molecule has 0 bridgehead atoms. The molecule has 0 aromatic rings. The van der Waals surface area contributed by atoms with E-state index >= 15 is 0 Å². The molecule has 0 aliphatic heterocycles. The molecule has 168 valence electrons. The Morgan fingerprint density at radius 3 is 2.53 bits per heavy atom. The smallest absolute Gasteiger partial charge is 0.110 e. The van der Waals surface area contributed by atoms with Crippen molar-refractivity contribution >= 4 is 0 Å². The second-order valence-electron chi connectivity index (χ2n) is 12.2. The number of aliphatic hydroxyl groups is 1. The van der Waals surface area contributed by atoms with Crippen LogP contribution in [0.15, 0.2) is 36.5 Å². The lowest BCUT2D eigenvalue weighted by molar-refractivity contribution is 0.0665. The standard InChI is InChI=1S/C29H46O/c1-7-28(30,29-19-24(29)14-13-22(29)5)18-23-12-9-17-27(6)25(15-16-26(23)27)21(4)11-8-10-20(2)3/h7,18,20-21,24-26,30H,1,5,8-17,19H2,2-4,6H3/b23-18+/t21-,24?,25-,26+,27-,28-,29?/m1/s1. The molecule has 1 N–H and O–H groups in total. The van der Waals surface area contributed by atoms with E-state index in [2.05, 4.69) is 46.9 Å². The van der Waals surface area contributed by atoms with Gasteiger partial charge in [-0.3, -0.25) is 0 Å². The van der Waals surface area contributed by atoms with Crippen LogP contribution in [0.4, 0.5) is 0 Å². The predicted molar refractivity (Wildman–Crippen MR) is 128 cm³/mol. The van der Waals surface area contributed by atoms with Gasteiger partial charge in [0.1, 0.15) is 5.60 Å². The Morgan fingerprint density at radius 1 is 1.17 bits per heavy atom. The van der Waals surface area contributed by atoms with E-state index in [1.54, 1.807) is 5.57 Å². The van der Waals surface area contributed by atoms with Crippen molar-refractivity contribution < 1.29 is 5.11 Å². The van der Waals surface area contributed by atoms with Gasteiger partial charge >= 0.3 is 0 Å². The van der Waals surface area contributed by atoms with Crippen molar-refractivity contribution in [1.29, 1.82) is 0 Å². The van der Waals surface area contributed by atoms with Gasteiger partial charge in [-0.05, 0) is 92.4 Å². The molecule has 1 heteroatoms. The van der Waals surface area contributed by atoms with Crippen LogP contribution in [0.2, 0.25) is 0 Å². The molecule has 30 heavy (non-hydrogen) atoms. The third-order valence-electron chi connectivity index (χ3n) is 10.1. The summed E-state index contributed by atoms with van der Waals surface area (Å²) in [5.41, 5.74) is 2.24. The summed E-state index contributed by atoms with van der Waals surface area (Å²) in [6.45, 7) is 18.3. The maximum atomic E-state index is 11.8. The largest absolute Gasteiger partial charge is 0.381 e. The van der Waals surface area contributed by atoms with Crippen molar-refractivity contribution in [1.82, 2.24) is 0 Å². The summed E-state index contributed by atoms with van der Waals surface area (Å²) in [5, 5.41) is 11.8. The number of allylic oxidation sites excluding steroid dienone is 1. The highest BCUT2D eigenvalue weighted by molar-refractivity contribution is 5.42. The summed E-state index contributed by atoms with van der Waals surface area (Å²) >= 11 is 0. The molecular weight excluding hydrogens is 364 g/mol. The lowest BCUT2D eigenvalue weighted by Gasteiger charge is -2.45. The average molecular weight is 411 g/mol. The molecule has 0 amide bonds. The molecule has 4 rings (SSSR count). The van der Waals surface area contributed by atoms with Gasteiger partial charge in [0.2, 0.25) is 0 Å². The first-order chi connectivity index (χ1) is 14.2. The summed E-state index contributed by atoms with van der Waals surface area (Å²) < 4.78 is 0. The first kappa shape index (κ1) is 22.4. The van der Waals surface area contributed by atoms with Gasteiger partial charge in [-0.1, -0.05) is 77.3 Å². The lowest BCUT2D eigenvalue weighted by Crippen LogP contribution is -2.40. The lowest BCUT2D eigenvalue weighted by atomic mass is 9.60. The third-order valence-corrected chi connectivity index (χ3v) is 10.1. The zero-order valence-electron chi connectivity index (χ0n) is 20.2. The molecule has 0 aromatic carbocycles. The van der Waals surface area contributed by atoms with E-state index in [1.807, 2.05) is 6.08 Å². The van der Waals surface area contributed by atoms with Crippen molar-refractivity contribution in [3.05, 3.63) is 36.5 Å². The van der Waals surface area contributed by atoms with Crippen LogP contribution in [-0.4, -0.2) is 10.7 Å². The first-order valence-corrected chi connectivity index (χ1v) is 12.9. The highest BCUT2D eigenvalue weighted by Crippen LogP contribution is 2.72.